The number of esters is 1. The number of carbonyl (C=O) groups is 2. The van der Waals surface area contributed by atoms with Gasteiger partial charge in [0.25, 0.3) is 0 Å². The maximum atomic E-state index is 14.9. The van der Waals surface area contributed by atoms with Crippen LogP contribution in [0, 0.1) is 5.82 Å². The number of aliphatic imine (C=N–C) groups is 2. The van der Waals surface area contributed by atoms with Crippen LogP contribution in [0.3, 0.4) is 0 Å². The molecule has 0 radical (unpaired) electrons. The monoisotopic (exact) mass is 488 g/mol. The van der Waals surface area contributed by atoms with E-state index in [1.54, 1.807) is 36.4 Å². The standard InChI is InChI=1S/C26H25FN6O3/c1-17(29-12-11-28-3)33(16-22-6-5-21(13-23(22)27)26(35)36-4)25-15-20(8-10-31-25)19-7-9-30-24(14-19)32-18(2)34/h5-15H,3,16H2,1-2,4H3,(H,30,32,34)/b12-11-,29-17?. The van der Waals surface area contributed by atoms with Crippen LogP contribution in [0.15, 0.2) is 77.2 Å². The number of carbonyl (C=O) groups excluding carboxylic acids is 2. The lowest BCUT2D eigenvalue weighted by Crippen LogP contribution is -2.29. The van der Waals surface area contributed by atoms with Crippen molar-refractivity contribution < 1.29 is 18.7 Å². The topological polar surface area (TPSA) is 109 Å². The Bertz CT molecular complexity index is 1340. The summed E-state index contributed by atoms with van der Waals surface area (Å²) < 4.78 is 19.6. The molecule has 0 saturated carbocycles. The van der Waals surface area contributed by atoms with E-state index >= 15 is 0 Å². The zero-order valence-corrected chi connectivity index (χ0v) is 20.1. The number of nitrogens with zero attached hydrogens (tertiary/aromatic N) is 5. The van der Waals surface area contributed by atoms with Gasteiger partial charge < -0.3 is 15.0 Å². The van der Waals surface area contributed by atoms with Gasteiger partial charge in [0.1, 0.15) is 23.3 Å². The Hall–Kier alpha value is -4.73. The second-order valence-electron chi connectivity index (χ2n) is 7.55. The molecule has 0 aliphatic carbocycles. The zero-order chi connectivity index (χ0) is 26.1. The van der Waals surface area contributed by atoms with Gasteiger partial charge >= 0.3 is 5.97 Å². The van der Waals surface area contributed by atoms with Crippen LogP contribution < -0.4 is 10.2 Å². The number of amides is 1. The van der Waals surface area contributed by atoms with Gasteiger partial charge in [0, 0.05) is 37.3 Å². The molecule has 0 aliphatic rings. The number of pyridine rings is 2. The van der Waals surface area contributed by atoms with Crippen molar-refractivity contribution in [1.29, 1.82) is 0 Å². The van der Waals surface area contributed by atoms with Crippen LogP contribution in [-0.2, 0) is 16.1 Å². The molecular formula is C26H25FN6O3. The number of aromatic nitrogens is 2. The Kier molecular flexibility index (Phi) is 8.71. The maximum absolute atomic E-state index is 14.9. The summed E-state index contributed by atoms with van der Waals surface area (Å²) in [6.07, 6.45) is 6.12. The van der Waals surface area contributed by atoms with Crippen LogP contribution in [0.2, 0.25) is 0 Å². The van der Waals surface area contributed by atoms with E-state index in [0.29, 0.717) is 23.0 Å². The molecule has 36 heavy (non-hydrogen) atoms. The molecule has 1 N–H and O–H groups in total. The first kappa shape index (κ1) is 25.9. The first-order chi connectivity index (χ1) is 17.3. The normalized spacial score (nSPS) is 11.3. The van der Waals surface area contributed by atoms with Gasteiger partial charge in [-0.3, -0.25) is 9.79 Å². The molecule has 0 aliphatic heterocycles. The molecule has 1 aromatic carbocycles. The van der Waals surface area contributed by atoms with E-state index in [0.717, 1.165) is 17.2 Å². The Labute approximate surface area is 208 Å². The van der Waals surface area contributed by atoms with Gasteiger partial charge in [0.05, 0.1) is 19.2 Å². The average Bonchev–Trinajstić information content (AvgIpc) is 2.87. The minimum absolute atomic E-state index is 0.0852. The van der Waals surface area contributed by atoms with Gasteiger partial charge in [0.15, 0.2) is 0 Å². The zero-order valence-electron chi connectivity index (χ0n) is 20.1. The highest BCUT2D eigenvalue weighted by molar-refractivity contribution is 5.96. The van der Waals surface area contributed by atoms with Crippen molar-refractivity contribution >= 4 is 36.1 Å². The predicted molar refractivity (Wildman–Crippen MR) is 137 cm³/mol. The number of amidine groups is 1. The van der Waals surface area contributed by atoms with Gasteiger partial charge in [-0.05, 0) is 61.2 Å². The lowest BCUT2D eigenvalue weighted by atomic mass is 10.1. The Morgan fingerprint density at radius 1 is 1.08 bits per heavy atom. The molecule has 3 aromatic rings. The van der Waals surface area contributed by atoms with Gasteiger partial charge in [-0.2, -0.15) is 0 Å². The number of methoxy groups -OCH3 is 1. The van der Waals surface area contributed by atoms with E-state index in [2.05, 4.69) is 36.7 Å². The SMILES string of the molecule is C=N/C=C\N=C(C)N(Cc1ccc(C(=O)OC)cc1F)c1cc(-c2ccnc(NC(C)=O)c2)ccn1. The predicted octanol–water partition coefficient (Wildman–Crippen LogP) is 4.62. The van der Waals surface area contributed by atoms with E-state index in [4.69, 9.17) is 0 Å². The largest absolute Gasteiger partial charge is 0.465 e. The summed E-state index contributed by atoms with van der Waals surface area (Å²) in [4.78, 5) is 41.5. The molecule has 9 nitrogen and oxygen atoms in total. The molecule has 0 fully saturated rings. The minimum atomic E-state index is -0.623. The van der Waals surface area contributed by atoms with Crippen molar-refractivity contribution in [3.05, 3.63) is 84.2 Å². The molecule has 0 spiro atoms. The van der Waals surface area contributed by atoms with Gasteiger partial charge in [0.2, 0.25) is 5.91 Å². The summed E-state index contributed by atoms with van der Waals surface area (Å²) in [5.74, 6) is 0.0255. The molecule has 2 aromatic heterocycles. The molecule has 2 heterocycles. The number of ether oxygens (including phenoxy) is 1. The number of rotatable bonds is 8. The second kappa shape index (κ2) is 12.1. The maximum Gasteiger partial charge on any atom is 0.337 e. The molecule has 10 heteroatoms. The van der Waals surface area contributed by atoms with Gasteiger partial charge in [-0.1, -0.05) is 6.07 Å². The summed E-state index contributed by atoms with van der Waals surface area (Å²) >= 11 is 0. The van der Waals surface area contributed by atoms with Crippen molar-refractivity contribution in [3.8, 4) is 11.1 Å². The highest BCUT2D eigenvalue weighted by Crippen LogP contribution is 2.26. The van der Waals surface area contributed by atoms with E-state index in [1.807, 2.05) is 12.1 Å². The average molecular weight is 489 g/mol. The highest BCUT2D eigenvalue weighted by Gasteiger charge is 2.17. The third kappa shape index (κ3) is 6.66. The minimum Gasteiger partial charge on any atom is -0.465 e. The fourth-order valence-corrected chi connectivity index (χ4v) is 3.31. The number of nitrogens with one attached hydrogen (secondary N) is 1. The van der Waals surface area contributed by atoms with Crippen LogP contribution in [0.4, 0.5) is 16.0 Å². The Balaban J connectivity index is 2.01. The van der Waals surface area contributed by atoms with Crippen molar-refractivity contribution in [2.75, 3.05) is 17.3 Å². The third-order valence-electron chi connectivity index (χ3n) is 5.05. The molecule has 3 rings (SSSR count). The summed E-state index contributed by atoms with van der Waals surface area (Å²) in [5, 5.41) is 2.66. The highest BCUT2D eigenvalue weighted by atomic mass is 19.1. The first-order valence-corrected chi connectivity index (χ1v) is 10.8. The van der Waals surface area contributed by atoms with E-state index in [9.17, 15) is 14.0 Å². The molecule has 0 bridgehead atoms. The second-order valence-corrected chi connectivity index (χ2v) is 7.55. The number of benzene rings is 1. The Morgan fingerprint density at radius 2 is 1.81 bits per heavy atom. The first-order valence-electron chi connectivity index (χ1n) is 10.8. The van der Waals surface area contributed by atoms with Crippen LogP contribution in [0.1, 0.15) is 29.8 Å². The smallest absolute Gasteiger partial charge is 0.337 e. The van der Waals surface area contributed by atoms with Crippen LogP contribution >= 0.6 is 0 Å². The number of halogens is 1. The van der Waals surface area contributed by atoms with Crippen LogP contribution in [0.5, 0.6) is 0 Å². The molecule has 1 amide bonds. The summed E-state index contributed by atoms with van der Waals surface area (Å²) in [6.45, 7) is 6.64. The molecule has 0 saturated heterocycles. The summed E-state index contributed by atoms with van der Waals surface area (Å²) in [7, 11) is 1.24. The van der Waals surface area contributed by atoms with Crippen molar-refractivity contribution in [3.63, 3.8) is 0 Å². The third-order valence-corrected chi connectivity index (χ3v) is 5.05. The van der Waals surface area contributed by atoms with E-state index < -0.39 is 11.8 Å². The van der Waals surface area contributed by atoms with Crippen molar-refractivity contribution in [1.82, 2.24) is 9.97 Å². The fourth-order valence-electron chi connectivity index (χ4n) is 3.31. The number of anilines is 2. The van der Waals surface area contributed by atoms with Gasteiger partial charge in [-0.25, -0.2) is 24.1 Å². The fraction of sp³-hybridized carbons (Fsp3) is 0.154. The quantitative estimate of drug-likeness (QED) is 0.281. The number of hydrogen-bond donors (Lipinski definition) is 1. The van der Waals surface area contributed by atoms with Gasteiger partial charge in [-0.15, -0.1) is 0 Å². The van der Waals surface area contributed by atoms with Crippen molar-refractivity contribution in [2.45, 2.75) is 20.4 Å². The lowest BCUT2D eigenvalue weighted by Gasteiger charge is -2.24. The van der Waals surface area contributed by atoms with E-state index in [1.165, 1.54) is 38.6 Å². The molecular weight excluding hydrogens is 463 g/mol. The molecule has 0 atom stereocenters. The Morgan fingerprint density at radius 3 is 2.47 bits per heavy atom. The molecule has 0 unspecified atom stereocenters. The summed E-state index contributed by atoms with van der Waals surface area (Å²) in [6, 6.07) is 11.3. The molecule has 184 valence electrons. The lowest BCUT2D eigenvalue weighted by molar-refractivity contribution is -0.114. The van der Waals surface area contributed by atoms with Crippen LogP contribution in [-0.4, -0.2) is 41.5 Å². The summed E-state index contributed by atoms with van der Waals surface area (Å²) in [5.41, 5.74) is 2.04. The van der Waals surface area contributed by atoms with Crippen LogP contribution in [0.25, 0.3) is 11.1 Å². The van der Waals surface area contributed by atoms with Crippen molar-refractivity contribution in [2.24, 2.45) is 9.98 Å². The van der Waals surface area contributed by atoms with E-state index in [-0.39, 0.29) is 18.0 Å². The number of hydrogen-bond acceptors (Lipinski definition) is 7.